The number of ether oxygens (including phenoxy) is 1. The third-order valence-electron chi connectivity index (χ3n) is 4.95. The van der Waals surface area contributed by atoms with Crippen LogP contribution in [0.1, 0.15) is 36.8 Å². The number of nitrogens with one attached hydrogen (secondary N) is 1. The molecule has 19 heavy (non-hydrogen) atoms. The van der Waals surface area contributed by atoms with Crippen molar-refractivity contribution in [3.63, 3.8) is 0 Å². The zero-order valence-corrected chi connectivity index (χ0v) is 12.8. The molecule has 1 aromatic rings. The Morgan fingerprint density at radius 1 is 1.32 bits per heavy atom. The number of halogens is 1. The van der Waals surface area contributed by atoms with E-state index in [0.29, 0.717) is 5.41 Å². The highest BCUT2D eigenvalue weighted by Gasteiger charge is 2.53. The van der Waals surface area contributed by atoms with Gasteiger partial charge in [0.25, 0.3) is 0 Å². The van der Waals surface area contributed by atoms with Gasteiger partial charge >= 0.3 is 0 Å². The predicted molar refractivity (Wildman–Crippen MR) is 79.4 cm³/mol. The van der Waals surface area contributed by atoms with Crippen molar-refractivity contribution in [2.45, 2.75) is 38.6 Å². The molecule has 1 aliphatic heterocycles. The molecule has 0 radical (unpaired) electrons. The molecule has 0 saturated heterocycles. The summed E-state index contributed by atoms with van der Waals surface area (Å²) in [6, 6.07) is 4.40. The maximum absolute atomic E-state index is 5.78. The number of rotatable bonds is 5. The van der Waals surface area contributed by atoms with Crippen LogP contribution in [0.4, 0.5) is 0 Å². The van der Waals surface area contributed by atoms with Crippen molar-refractivity contribution < 1.29 is 4.74 Å². The molecule has 2 fully saturated rings. The largest absolute Gasteiger partial charge is 0.493 e. The predicted octanol–water partition coefficient (Wildman–Crippen LogP) is 3.66. The summed E-state index contributed by atoms with van der Waals surface area (Å²) in [5, 5.41) is 3.68. The molecule has 3 aliphatic rings. The summed E-state index contributed by atoms with van der Waals surface area (Å²) >= 11 is 3.61. The van der Waals surface area contributed by atoms with Crippen molar-refractivity contribution in [1.29, 1.82) is 0 Å². The minimum Gasteiger partial charge on any atom is -0.493 e. The van der Waals surface area contributed by atoms with Gasteiger partial charge in [-0.05, 0) is 54.7 Å². The van der Waals surface area contributed by atoms with Gasteiger partial charge in [0.1, 0.15) is 5.75 Å². The molecule has 0 spiro atoms. The molecular formula is C16H20BrNO. The van der Waals surface area contributed by atoms with Gasteiger partial charge in [-0.15, -0.1) is 0 Å². The van der Waals surface area contributed by atoms with Crippen molar-refractivity contribution in [1.82, 2.24) is 5.32 Å². The number of hydrogen-bond donors (Lipinski definition) is 1. The van der Waals surface area contributed by atoms with Crippen molar-refractivity contribution >= 4 is 15.9 Å². The smallest absolute Gasteiger partial charge is 0.127 e. The van der Waals surface area contributed by atoms with Crippen LogP contribution in [0.5, 0.6) is 5.75 Å². The average molecular weight is 322 g/mol. The van der Waals surface area contributed by atoms with Gasteiger partial charge in [0.05, 0.1) is 6.61 Å². The van der Waals surface area contributed by atoms with Gasteiger partial charge in [0.2, 0.25) is 0 Å². The minimum absolute atomic E-state index is 0.677. The van der Waals surface area contributed by atoms with E-state index in [9.17, 15) is 0 Å². The van der Waals surface area contributed by atoms with Gasteiger partial charge in [0.15, 0.2) is 0 Å². The Morgan fingerprint density at radius 2 is 2.16 bits per heavy atom. The molecule has 0 bridgehead atoms. The number of hydrogen-bond acceptors (Lipinski definition) is 2. The lowest BCUT2D eigenvalue weighted by molar-refractivity contribution is 0.350. The summed E-state index contributed by atoms with van der Waals surface area (Å²) in [7, 11) is 0. The van der Waals surface area contributed by atoms with E-state index in [-0.39, 0.29) is 0 Å². The average Bonchev–Trinajstić information content (AvgIpc) is 3.27. The second-order valence-electron chi connectivity index (χ2n) is 6.39. The van der Waals surface area contributed by atoms with Crippen LogP contribution < -0.4 is 10.1 Å². The zero-order chi connectivity index (χ0) is 12.9. The van der Waals surface area contributed by atoms with Crippen LogP contribution in [0.2, 0.25) is 0 Å². The Balaban J connectivity index is 1.43. The maximum Gasteiger partial charge on any atom is 0.127 e. The Bertz CT molecular complexity index is 506. The van der Waals surface area contributed by atoms with Crippen LogP contribution in [0, 0.1) is 11.3 Å². The number of fused-ring (bicyclic) bond motifs is 1. The summed E-state index contributed by atoms with van der Waals surface area (Å²) in [6.45, 7) is 2.97. The van der Waals surface area contributed by atoms with E-state index in [4.69, 9.17) is 4.74 Å². The van der Waals surface area contributed by atoms with Gasteiger partial charge < -0.3 is 10.1 Å². The highest BCUT2D eigenvalue weighted by Crippen LogP contribution is 2.60. The summed E-state index contributed by atoms with van der Waals surface area (Å²) in [4.78, 5) is 0. The molecule has 1 heterocycles. The summed E-state index contributed by atoms with van der Waals surface area (Å²) < 4.78 is 6.96. The van der Waals surface area contributed by atoms with Crippen molar-refractivity contribution in [2.75, 3.05) is 13.2 Å². The van der Waals surface area contributed by atoms with E-state index < -0.39 is 0 Å². The van der Waals surface area contributed by atoms with Gasteiger partial charge in [-0.2, -0.15) is 0 Å². The molecular weight excluding hydrogens is 302 g/mol. The fourth-order valence-corrected chi connectivity index (χ4v) is 4.06. The van der Waals surface area contributed by atoms with Crippen molar-refractivity contribution in [3.8, 4) is 5.75 Å². The quantitative estimate of drug-likeness (QED) is 0.893. The standard InChI is InChI=1S/C16H20BrNO/c17-14-7-11-3-6-19-15(11)12(8-14)9-18-10-16(4-5-16)13-1-2-13/h7-8,13,18H,1-6,9-10H2. The topological polar surface area (TPSA) is 21.3 Å². The highest BCUT2D eigenvalue weighted by atomic mass is 79.9. The minimum atomic E-state index is 0.677. The fraction of sp³-hybridized carbons (Fsp3) is 0.625. The lowest BCUT2D eigenvalue weighted by atomic mass is 10.0. The molecule has 4 rings (SSSR count). The Labute approximate surface area is 123 Å². The molecule has 2 aliphatic carbocycles. The molecule has 1 N–H and O–H groups in total. The summed E-state index contributed by atoms with van der Waals surface area (Å²) in [6.07, 6.45) is 6.87. The molecule has 3 heteroatoms. The monoisotopic (exact) mass is 321 g/mol. The Morgan fingerprint density at radius 3 is 2.89 bits per heavy atom. The Kier molecular flexibility index (Phi) is 2.89. The van der Waals surface area contributed by atoms with E-state index >= 15 is 0 Å². The first-order valence-electron chi connectivity index (χ1n) is 7.42. The first-order valence-corrected chi connectivity index (χ1v) is 8.21. The van der Waals surface area contributed by atoms with Crippen molar-refractivity contribution in [3.05, 3.63) is 27.7 Å². The molecule has 1 aromatic carbocycles. The molecule has 0 aromatic heterocycles. The second-order valence-corrected chi connectivity index (χ2v) is 7.31. The first-order chi connectivity index (χ1) is 9.27. The van der Waals surface area contributed by atoms with Crippen LogP contribution in [0.25, 0.3) is 0 Å². The summed E-state index contributed by atoms with van der Waals surface area (Å²) in [5.74, 6) is 2.16. The van der Waals surface area contributed by atoms with Gasteiger partial charge in [-0.1, -0.05) is 15.9 Å². The lowest BCUT2D eigenvalue weighted by Gasteiger charge is -2.16. The summed E-state index contributed by atoms with van der Waals surface area (Å²) in [5.41, 5.74) is 3.35. The normalized spacial score (nSPS) is 23.0. The third kappa shape index (κ3) is 2.31. The first kappa shape index (κ1) is 12.2. The molecule has 0 unspecified atom stereocenters. The molecule has 0 atom stereocenters. The van der Waals surface area contributed by atoms with E-state index in [2.05, 4.69) is 33.4 Å². The van der Waals surface area contributed by atoms with E-state index in [1.807, 2.05) is 0 Å². The van der Waals surface area contributed by atoms with Crippen LogP contribution in [-0.2, 0) is 13.0 Å². The van der Waals surface area contributed by atoms with Crippen LogP contribution >= 0.6 is 15.9 Å². The van der Waals surface area contributed by atoms with Crippen LogP contribution in [0.15, 0.2) is 16.6 Å². The molecule has 102 valence electrons. The van der Waals surface area contributed by atoms with Crippen molar-refractivity contribution in [2.24, 2.45) is 11.3 Å². The zero-order valence-electron chi connectivity index (χ0n) is 11.2. The van der Waals surface area contributed by atoms with Crippen LogP contribution in [-0.4, -0.2) is 13.2 Å². The fourth-order valence-electron chi connectivity index (χ4n) is 3.51. The highest BCUT2D eigenvalue weighted by molar-refractivity contribution is 9.10. The second kappa shape index (κ2) is 4.49. The SMILES string of the molecule is Brc1cc2c(c(CNCC3(C4CC4)CC3)c1)OCC2. The maximum atomic E-state index is 5.78. The third-order valence-corrected chi connectivity index (χ3v) is 5.41. The Hall–Kier alpha value is -0.540. The van der Waals surface area contributed by atoms with E-state index in [1.54, 1.807) is 0 Å². The molecule has 0 amide bonds. The van der Waals surface area contributed by atoms with E-state index in [0.717, 1.165) is 31.2 Å². The van der Waals surface area contributed by atoms with Gasteiger partial charge in [0, 0.05) is 29.5 Å². The van der Waals surface area contributed by atoms with Gasteiger partial charge in [-0.25, -0.2) is 0 Å². The van der Waals surface area contributed by atoms with Crippen LogP contribution in [0.3, 0.4) is 0 Å². The lowest BCUT2D eigenvalue weighted by Crippen LogP contribution is -2.25. The molecule has 2 nitrogen and oxygen atoms in total. The van der Waals surface area contributed by atoms with E-state index in [1.165, 1.54) is 47.8 Å². The van der Waals surface area contributed by atoms with Gasteiger partial charge in [-0.3, -0.25) is 0 Å². The number of benzene rings is 1. The molecule has 2 saturated carbocycles.